The van der Waals surface area contributed by atoms with Crippen LogP contribution in [0.15, 0.2) is 48.5 Å². The number of rotatable bonds is 11. The van der Waals surface area contributed by atoms with Crippen molar-refractivity contribution >= 4 is 18.4 Å². The van der Waals surface area contributed by atoms with Crippen LogP contribution in [-0.4, -0.2) is 11.1 Å². The molecule has 0 fully saturated rings. The van der Waals surface area contributed by atoms with Crippen LogP contribution in [0.5, 0.6) is 0 Å². The first kappa shape index (κ1) is 22.2. The first-order valence-electron chi connectivity index (χ1n) is 9.63. The molecule has 0 aliphatic heterocycles. The summed E-state index contributed by atoms with van der Waals surface area (Å²) < 4.78 is 0. The standard InChI is InChI=1S/C23H30O2.ClH/c1-2-3-4-5-6-7-8-9-10-19-11-13-20(14-12-19)21-15-17-22(18-16-21)23(24)25;/h11-18H,2-10H2,1H3,(H,24,25);1H. The number of hydrogen-bond donors (Lipinski definition) is 1. The van der Waals surface area contributed by atoms with Crippen LogP contribution < -0.4 is 0 Å². The van der Waals surface area contributed by atoms with Gasteiger partial charge >= 0.3 is 5.97 Å². The van der Waals surface area contributed by atoms with E-state index in [1.54, 1.807) is 12.1 Å². The van der Waals surface area contributed by atoms with Crippen LogP contribution >= 0.6 is 12.4 Å². The van der Waals surface area contributed by atoms with Crippen LogP contribution in [0, 0.1) is 0 Å². The van der Waals surface area contributed by atoms with Crippen LogP contribution in [0.25, 0.3) is 11.1 Å². The van der Waals surface area contributed by atoms with E-state index >= 15 is 0 Å². The monoisotopic (exact) mass is 374 g/mol. The fraction of sp³-hybridized carbons (Fsp3) is 0.435. The zero-order valence-corrected chi connectivity index (χ0v) is 16.6. The smallest absolute Gasteiger partial charge is 0.335 e. The molecular weight excluding hydrogens is 344 g/mol. The molecular formula is C23H31ClO2. The lowest BCUT2D eigenvalue weighted by molar-refractivity contribution is 0.0697. The molecule has 0 atom stereocenters. The van der Waals surface area contributed by atoms with Gasteiger partial charge in [-0.1, -0.05) is 88.3 Å². The summed E-state index contributed by atoms with van der Waals surface area (Å²) in [6, 6.07) is 15.7. The van der Waals surface area contributed by atoms with Crippen molar-refractivity contribution in [3.05, 3.63) is 59.7 Å². The van der Waals surface area contributed by atoms with E-state index < -0.39 is 5.97 Å². The van der Waals surface area contributed by atoms with Crippen molar-refractivity contribution in [2.24, 2.45) is 0 Å². The van der Waals surface area contributed by atoms with Crippen LogP contribution in [0.1, 0.15) is 74.2 Å². The largest absolute Gasteiger partial charge is 0.478 e. The van der Waals surface area contributed by atoms with Crippen molar-refractivity contribution < 1.29 is 9.90 Å². The molecule has 0 aliphatic carbocycles. The summed E-state index contributed by atoms with van der Waals surface area (Å²) in [4.78, 5) is 10.9. The lowest BCUT2D eigenvalue weighted by atomic mass is 10.00. The molecule has 2 aromatic carbocycles. The summed E-state index contributed by atoms with van der Waals surface area (Å²) in [5, 5.41) is 8.96. The molecule has 0 unspecified atom stereocenters. The Balaban J connectivity index is 0.00000338. The number of hydrogen-bond acceptors (Lipinski definition) is 1. The zero-order chi connectivity index (χ0) is 17.9. The number of halogens is 1. The van der Waals surface area contributed by atoms with E-state index in [0.29, 0.717) is 5.56 Å². The van der Waals surface area contributed by atoms with Crippen LogP contribution in [-0.2, 0) is 6.42 Å². The maximum Gasteiger partial charge on any atom is 0.335 e. The Labute approximate surface area is 164 Å². The van der Waals surface area contributed by atoms with E-state index in [0.717, 1.165) is 17.5 Å². The quantitative estimate of drug-likeness (QED) is 0.423. The van der Waals surface area contributed by atoms with E-state index in [1.807, 2.05) is 12.1 Å². The van der Waals surface area contributed by atoms with Crippen molar-refractivity contribution in [3.63, 3.8) is 0 Å². The van der Waals surface area contributed by atoms with Crippen LogP contribution in [0.4, 0.5) is 0 Å². The number of carboxylic acid groups (broad SMARTS) is 1. The van der Waals surface area contributed by atoms with Crippen LogP contribution in [0.3, 0.4) is 0 Å². The molecule has 0 heterocycles. The first-order valence-corrected chi connectivity index (χ1v) is 9.63. The average molecular weight is 375 g/mol. The lowest BCUT2D eigenvalue weighted by Crippen LogP contribution is -1.95. The van der Waals surface area contributed by atoms with Crippen molar-refractivity contribution in [3.8, 4) is 11.1 Å². The molecule has 0 spiro atoms. The summed E-state index contributed by atoms with van der Waals surface area (Å²) in [6.07, 6.45) is 12.0. The minimum atomic E-state index is -0.882. The Morgan fingerprint density at radius 1 is 0.731 bits per heavy atom. The van der Waals surface area contributed by atoms with Gasteiger partial charge in [0.2, 0.25) is 0 Å². The molecule has 2 rings (SSSR count). The van der Waals surface area contributed by atoms with E-state index in [-0.39, 0.29) is 12.4 Å². The summed E-state index contributed by atoms with van der Waals surface area (Å²) >= 11 is 0. The van der Waals surface area contributed by atoms with Gasteiger partial charge in [-0.05, 0) is 41.7 Å². The molecule has 142 valence electrons. The molecule has 2 aromatic rings. The van der Waals surface area contributed by atoms with E-state index in [4.69, 9.17) is 5.11 Å². The number of aromatic carboxylic acids is 1. The summed E-state index contributed by atoms with van der Waals surface area (Å²) in [7, 11) is 0. The maximum atomic E-state index is 10.9. The van der Waals surface area contributed by atoms with Gasteiger partial charge in [-0.2, -0.15) is 0 Å². The van der Waals surface area contributed by atoms with E-state index in [1.165, 1.54) is 56.9 Å². The number of benzene rings is 2. The molecule has 1 N–H and O–H groups in total. The van der Waals surface area contributed by atoms with E-state index in [9.17, 15) is 4.79 Å². The van der Waals surface area contributed by atoms with Crippen molar-refractivity contribution in [2.75, 3.05) is 0 Å². The fourth-order valence-electron chi connectivity index (χ4n) is 3.13. The highest BCUT2D eigenvalue weighted by molar-refractivity contribution is 5.88. The summed E-state index contributed by atoms with van der Waals surface area (Å²) in [5.41, 5.74) is 3.91. The number of aryl methyl sites for hydroxylation is 1. The Morgan fingerprint density at radius 3 is 1.69 bits per heavy atom. The van der Waals surface area contributed by atoms with Crippen molar-refractivity contribution in [1.82, 2.24) is 0 Å². The Bertz CT molecular complexity index is 632. The van der Waals surface area contributed by atoms with Crippen molar-refractivity contribution in [2.45, 2.75) is 64.7 Å². The number of carboxylic acids is 1. The SMILES string of the molecule is CCCCCCCCCCc1ccc(-c2ccc(C(=O)O)cc2)cc1.Cl. The fourth-order valence-corrected chi connectivity index (χ4v) is 3.13. The van der Waals surface area contributed by atoms with Gasteiger partial charge in [0.15, 0.2) is 0 Å². The number of carbonyl (C=O) groups is 1. The van der Waals surface area contributed by atoms with Gasteiger partial charge in [-0.25, -0.2) is 4.79 Å². The van der Waals surface area contributed by atoms with Gasteiger partial charge in [-0.3, -0.25) is 0 Å². The Morgan fingerprint density at radius 2 is 1.19 bits per heavy atom. The van der Waals surface area contributed by atoms with Crippen LogP contribution in [0.2, 0.25) is 0 Å². The first-order chi connectivity index (χ1) is 12.2. The normalized spacial score (nSPS) is 10.3. The predicted molar refractivity (Wildman–Crippen MR) is 112 cm³/mol. The van der Waals surface area contributed by atoms with E-state index in [2.05, 4.69) is 31.2 Å². The molecule has 0 aliphatic rings. The van der Waals surface area contributed by atoms with Gasteiger partial charge in [-0.15, -0.1) is 12.4 Å². The second kappa shape index (κ2) is 12.5. The highest BCUT2D eigenvalue weighted by Gasteiger charge is 2.03. The lowest BCUT2D eigenvalue weighted by Gasteiger charge is -2.06. The third-order valence-electron chi connectivity index (χ3n) is 4.74. The molecule has 0 radical (unpaired) electrons. The minimum absolute atomic E-state index is 0. The maximum absolute atomic E-state index is 10.9. The average Bonchev–Trinajstić information content (AvgIpc) is 2.64. The summed E-state index contributed by atoms with van der Waals surface area (Å²) in [6.45, 7) is 2.26. The van der Waals surface area contributed by atoms with Gasteiger partial charge in [0.05, 0.1) is 5.56 Å². The third-order valence-corrected chi connectivity index (χ3v) is 4.74. The molecule has 2 nitrogen and oxygen atoms in total. The second-order valence-corrected chi connectivity index (χ2v) is 6.80. The van der Waals surface area contributed by atoms with Gasteiger partial charge in [0, 0.05) is 0 Å². The molecule has 0 aromatic heterocycles. The minimum Gasteiger partial charge on any atom is -0.478 e. The van der Waals surface area contributed by atoms with Gasteiger partial charge < -0.3 is 5.11 Å². The Hall–Kier alpha value is -1.80. The molecule has 0 saturated heterocycles. The van der Waals surface area contributed by atoms with Crippen molar-refractivity contribution in [1.29, 1.82) is 0 Å². The van der Waals surface area contributed by atoms with Gasteiger partial charge in [0.1, 0.15) is 0 Å². The molecule has 3 heteroatoms. The molecule has 0 saturated carbocycles. The number of unbranched alkanes of at least 4 members (excludes halogenated alkanes) is 7. The highest BCUT2D eigenvalue weighted by Crippen LogP contribution is 2.21. The Kier molecular flexibility index (Phi) is 10.7. The predicted octanol–water partition coefficient (Wildman–Crippen LogP) is 7.16. The second-order valence-electron chi connectivity index (χ2n) is 6.80. The zero-order valence-electron chi connectivity index (χ0n) is 15.7. The molecule has 26 heavy (non-hydrogen) atoms. The van der Waals surface area contributed by atoms with Gasteiger partial charge in [0.25, 0.3) is 0 Å². The molecule has 0 bridgehead atoms. The third kappa shape index (κ3) is 7.61. The highest BCUT2D eigenvalue weighted by atomic mass is 35.5. The molecule has 0 amide bonds. The topological polar surface area (TPSA) is 37.3 Å². The summed E-state index contributed by atoms with van der Waals surface area (Å²) in [5.74, 6) is -0.882.